The summed E-state index contributed by atoms with van der Waals surface area (Å²) in [5.74, 6) is 0.296. The van der Waals surface area contributed by atoms with Crippen molar-refractivity contribution in [3.63, 3.8) is 0 Å². The van der Waals surface area contributed by atoms with Gasteiger partial charge in [0.05, 0.1) is 25.3 Å². The van der Waals surface area contributed by atoms with Gasteiger partial charge >= 0.3 is 0 Å². The topological polar surface area (TPSA) is 44.5 Å². The molecule has 0 aliphatic carbocycles. The second kappa shape index (κ2) is 6.11. The molecule has 0 heterocycles. The highest BCUT2D eigenvalue weighted by Crippen LogP contribution is 2.31. The molecule has 0 fully saturated rings. The molecular formula is C15H15ClFNO2. The summed E-state index contributed by atoms with van der Waals surface area (Å²) in [6.07, 6.45) is 0. The average Bonchev–Trinajstić information content (AvgIpc) is 2.47. The number of methoxy groups -OCH3 is 2. The van der Waals surface area contributed by atoms with Gasteiger partial charge in [0.2, 0.25) is 0 Å². The zero-order chi connectivity index (χ0) is 14.7. The Balaban J connectivity index is 2.38. The maximum Gasteiger partial charge on any atom is 0.165 e. The summed E-state index contributed by atoms with van der Waals surface area (Å²) in [6.45, 7) is 0. The van der Waals surface area contributed by atoms with Gasteiger partial charge in [0.25, 0.3) is 0 Å². The molecule has 106 valence electrons. The normalized spacial score (nSPS) is 12.1. The van der Waals surface area contributed by atoms with E-state index in [0.29, 0.717) is 10.8 Å². The summed E-state index contributed by atoms with van der Waals surface area (Å²) < 4.78 is 23.5. The smallest absolute Gasteiger partial charge is 0.165 e. The molecule has 0 bridgehead atoms. The Hall–Kier alpha value is -1.78. The molecule has 2 aromatic rings. The average molecular weight is 296 g/mol. The van der Waals surface area contributed by atoms with Gasteiger partial charge in [-0.25, -0.2) is 4.39 Å². The van der Waals surface area contributed by atoms with Crippen LogP contribution in [0.4, 0.5) is 4.39 Å². The van der Waals surface area contributed by atoms with E-state index in [1.54, 1.807) is 24.3 Å². The van der Waals surface area contributed by atoms with Crippen LogP contribution in [0.2, 0.25) is 5.02 Å². The zero-order valence-electron chi connectivity index (χ0n) is 11.2. The van der Waals surface area contributed by atoms with Crippen molar-refractivity contribution in [3.8, 4) is 11.5 Å². The number of hydrogen-bond donors (Lipinski definition) is 1. The number of halogens is 2. The summed E-state index contributed by atoms with van der Waals surface area (Å²) in [5.41, 5.74) is 7.75. The molecular weight excluding hydrogens is 281 g/mol. The molecule has 5 heteroatoms. The van der Waals surface area contributed by atoms with Crippen LogP contribution in [0.1, 0.15) is 17.2 Å². The first-order chi connectivity index (χ1) is 9.56. The lowest BCUT2D eigenvalue weighted by molar-refractivity contribution is 0.385. The Morgan fingerprint density at radius 3 is 2.15 bits per heavy atom. The minimum absolute atomic E-state index is 0.166. The van der Waals surface area contributed by atoms with Crippen molar-refractivity contribution in [2.45, 2.75) is 6.04 Å². The maximum absolute atomic E-state index is 13.4. The van der Waals surface area contributed by atoms with Crippen molar-refractivity contribution in [1.82, 2.24) is 0 Å². The number of hydrogen-bond acceptors (Lipinski definition) is 3. The fourth-order valence-electron chi connectivity index (χ4n) is 1.93. The van der Waals surface area contributed by atoms with Crippen molar-refractivity contribution < 1.29 is 13.9 Å². The summed E-state index contributed by atoms with van der Waals surface area (Å²) in [4.78, 5) is 0. The van der Waals surface area contributed by atoms with Crippen LogP contribution in [-0.2, 0) is 0 Å². The van der Waals surface area contributed by atoms with Crippen LogP contribution in [0.5, 0.6) is 11.5 Å². The van der Waals surface area contributed by atoms with E-state index in [-0.39, 0.29) is 5.75 Å². The fraction of sp³-hybridized carbons (Fsp3) is 0.200. The van der Waals surface area contributed by atoms with Crippen LogP contribution in [0.15, 0.2) is 36.4 Å². The second-order valence-electron chi connectivity index (χ2n) is 4.27. The number of rotatable bonds is 4. The lowest BCUT2D eigenvalue weighted by atomic mass is 9.99. The van der Waals surface area contributed by atoms with E-state index in [2.05, 4.69) is 0 Å². The Morgan fingerprint density at radius 1 is 1.00 bits per heavy atom. The molecule has 0 spiro atoms. The molecule has 0 aliphatic rings. The van der Waals surface area contributed by atoms with Crippen LogP contribution in [0.25, 0.3) is 0 Å². The maximum atomic E-state index is 13.4. The molecule has 2 aromatic carbocycles. The zero-order valence-corrected chi connectivity index (χ0v) is 11.9. The molecule has 2 rings (SSSR count). The van der Waals surface area contributed by atoms with Crippen molar-refractivity contribution in [2.75, 3.05) is 14.2 Å². The highest BCUT2D eigenvalue weighted by atomic mass is 35.5. The molecule has 1 atom stereocenters. The van der Waals surface area contributed by atoms with Gasteiger partial charge in [-0.2, -0.15) is 0 Å². The molecule has 0 aromatic heterocycles. The van der Waals surface area contributed by atoms with Gasteiger partial charge in [0.1, 0.15) is 5.75 Å². The molecule has 0 aliphatic heterocycles. The highest BCUT2D eigenvalue weighted by molar-refractivity contribution is 6.32. The monoisotopic (exact) mass is 295 g/mol. The van der Waals surface area contributed by atoms with Crippen molar-refractivity contribution in [2.24, 2.45) is 5.73 Å². The second-order valence-corrected chi connectivity index (χ2v) is 4.67. The molecule has 3 nitrogen and oxygen atoms in total. The lowest BCUT2D eigenvalue weighted by Crippen LogP contribution is -2.12. The highest BCUT2D eigenvalue weighted by Gasteiger charge is 2.14. The minimum Gasteiger partial charge on any atom is -0.495 e. The van der Waals surface area contributed by atoms with E-state index in [1.165, 1.54) is 20.3 Å². The van der Waals surface area contributed by atoms with Gasteiger partial charge in [-0.05, 0) is 35.4 Å². The van der Waals surface area contributed by atoms with Gasteiger partial charge < -0.3 is 15.2 Å². The largest absolute Gasteiger partial charge is 0.495 e. The van der Waals surface area contributed by atoms with Gasteiger partial charge in [0, 0.05) is 0 Å². The van der Waals surface area contributed by atoms with Gasteiger partial charge in [0.15, 0.2) is 11.6 Å². The van der Waals surface area contributed by atoms with E-state index < -0.39 is 11.9 Å². The first-order valence-electron chi connectivity index (χ1n) is 5.99. The van der Waals surface area contributed by atoms with E-state index in [4.69, 9.17) is 26.8 Å². The van der Waals surface area contributed by atoms with Crippen molar-refractivity contribution >= 4 is 11.6 Å². The quantitative estimate of drug-likeness (QED) is 0.938. The predicted octanol–water partition coefficient (Wildman–Crippen LogP) is 3.54. The first kappa shape index (κ1) is 14.6. The van der Waals surface area contributed by atoms with Crippen molar-refractivity contribution in [1.29, 1.82) is 0 Å². The van der Waals surface area contributed by atoms with Crippen LogP contribution >= 0.6 is 11.6 Å². The molecule has 0 saturated heterocycles. The molecule has 2 N–H and O–H groups in total. The third-order valence-electron chi connectivity index (χ3n) is 3.07. The summed E-state index contributed by atoms with van der Waals surface area (Å²) in [5, 5.41) is 0.514. The van der Waals surface area contributed by atoms with E-state index in [1.807, 2.05) is 6.07 Å². The Bertz CT molecular complexity index is 565. The summed E-state index contributed by atoms with van der Waals surface area (Å²) >= 11 is 5.98. The van der Waals surface area contributed by atoms with E-state index in [0.717, 1.165) is 11.1 Å². The van der Waals surface area contributed by atoms with Gasteiger partial charge in [-0.1, -0.05) is 23.7 Å². The fourth-order valence-corrected chi connectivity index (χ4v) is 2.13. The lowest BCUT2D eigenvalue weighted by Gasteiger charge is -2.15. The molecule has 0 radical (unpaired) electrons. The Labute approximate surface area is 122 Å². The Kier molecular flexibility index (Phi) is 4.47. The molecule has 0 saturated carbocycles. The number of ether oxygens (including phenoxy) is 2. The van der Waals surface area contributed by atoms with Gasteiger partial charge in [-0.3, -0.25) is 0 Å². The molecule has 1 unspecified atom stereocenters. The first-order valence-corrected chi connectivity index (χ1v) is 6.37. The van der Waals surface area contributed by atoms with Crippen LogP contribution < -0.4 is 15.2 Å². The van der Waals surface area contributed by atoms with Gasteiger partial charge in [-0.15, -0.1) is 0 Å². The molecule has 0 amide bonds. The standard InChI is InChI=1S/C15H15ClFNO2/c1-19-13-7-9(3-5-11(13)16)15(18)10-4-6-12(17)14(8-10)20-2/h3-8,15H,18H2,1-2H3. The number of nitrogens with two attached hydrogens (primary N) is 1. The summed E-state index contributed by atoms with van der Waals surface area (Å²) in [7, 11) is 2.95. The van der Waals surface area contributed by atoms with E-state index in [9.17, 15) is 4.39 Å². The van der Waals surface area contributed by atoms with Crippen molar-refractivity contribution in [3.05, 3.63) is 58.4 Å². The minimum atomic E-state index is -0.421. The number of benzene rings is 2. The Morgan fingerprint density at radius 2 is 1.55 bits per heavy atom. The third-order valence-corrected chi connectivity index (χ3v) is 3.38. The van der Waals surface area contributed by atoms with Crippen LogP contribution in [-0.4, -0.2) is 14.2 Å². The van der Waals surface area contributed by atoms with Crippen LogP contribution in [0, 0.1) is 5.82 Å². The summed E-state index contributed by atoms with van der Waals surface area (Å²) in [6, 6.07) is 9.42. The SMILES string of the molecule is COc1cc(C(N)c2ccc(Cl)c(OC)c2)ccc1F. The molecule has 20 heavy (non-hydrogen) atoms. The predicted molar refractivity (Wildman–Crippen MR) is 77.0 cm³/mol. The third kappa shape index (κ3) is 2.86. The van der Waals surface area contributed by atoms with E-state index >= 15 is 0 Å². The van der Waals surface area contributed by atoms with Crippen LogP contribution in [0.3, 0.4) is 0 Å².